The fourth-order valence-electron chi connectivity index (χ4n) is 3.08. The maximum atomic E-state index is 11.5. The molecular formula is C27H30AlO12P3. The van der Waals surface area contributed by atoms with Gasteiger partial charge in [-0.05, 0) is 15.9 Å². The third kappa shape index (κ3) is 16.6. The van der Waals surface area contributed by atoms with Crippen molar-refractivity contribution in [3.8, 4) is 0 Å². The van der Waals surface area contributed by atoms with Crippen molar-refractivity contribution in [2.75, 3.05) is 18.5 Å². The molecule has 0 radical (unpaired) electrons. The van der Waals surface area contributed by atoms with E-state index in [1.54, 1.807) is 54.6 Å². The summed E-state index contributed by atoms with van der Waals surface area (Å²) in [5, 5.41) is 25.7. The second-order valence-electron chi connectivity index (χ2n) is 8.63. The van der Waals surface area contributed by atoms with Crippen LogP contribution in [0.15, 0.2) is 91.0 Å². The van der Waals surface area contributed by atoms with E-state index in [-0.39, 0.29) is 71.0 Å². The van der Waals surface area contributed by atoms with Crippen LogP contribution >= 0.6 is 22.1 Å². The first-order chi connectivity index (χ1) is 19.6. The largest absolute Gasteiger partial charge is 3.00 e. The molecule has 16 heteroatoms. The number of aliphatic carboxylic acids is 3. The minimum absolute atomic E-state index is 0. The van der Waals surface area contributed by atoms with Crippen LogP contribution in [0, 0.1) is 0 Å². The van der Waals surface area contributed by atoms with Crippen LogP contribution in [-0.4, -0.2) is 69.1 Å². The molecule has 0 spiro atoms. The van der Waals surface area contributed by atoms with E-state index in [4.69, 9.17) is 15.3 Å². The van der Waals surface area contributed by atoms with Crippen LogP contribution in [0.2, 0.25) is 0 Å². The third-order valence-electron chi connectivity index (χ3n) is 5.31. The van der Waals surface area contributed by atoms with Gasteiger partial charge in [-0.25, -0.2) is 0 Å². The normalized spacial score (nSPS) is 14.3. The summed E-state index contributed by atoms with van der Waals surface area (Å²) < 4.78 is 34.5. The molecule has 3 unspecified atom stereocenters. The summed E-state index contributed by atoms with van der Waals surface area (Å²) in [5.41, 5.74) is 0. The number of carbonyl (C=O) groups is 3. The molecule has 0 aliphatic rings. The molecule has 0 aliphatic heterocycles. The van der Waals surface area contributed by atoms with Crippen molar-refractivity contribution in [3.63, 3.8) is 0 Å². The van der Waals surface area contributed by atoms with Crippen LogP contribution in [0.3, 0.4) is 0 Å². The molecule has 12 nitrogen and oxygen atoms in total. The molecule has 0 amide bonds. The van der Waals surface area contributed by atoms with Gasteiger partial charge < -0.3 is 43.7 Å². The Morgan fingerprint density at radius 3 is 0.814 bits per heavy atom. The second kappa shape index (κ2) is 19.5. The van der Waals surface area contributed by atoms with Crippen LogP contribution in [-0.2, 0) is 28.1 Å². The molecule has 228 valence electrons. The molecule has 0 heterocycles. The summed E-state index contributed by atoms with van der Waals surface area (Å²) in [6.45, 7) is 0. The van der Waals surface area contributed by atoms with E-state index in [1.165, 1.54) is 36.4 Å². The Morgan fingerprint density at radius 1 is 0.465 bits per heavy atom. The number of rotatable bonds is 12. The van der Waals surface area contributed by atoms with E-state index in [1.807, 2.05) is 0 Å². The first kappa shape index (κ1) is 40.2. The molecule has 3 atom stereocenters. The maximum absolute atomic E-state index is 11.5. The van der Waals surface area contributed by atoms with Gasteiger partial charge in [-0.15, -0.1) is 0 Å². The zero-order valence-corrected chi connectivity index (χ0v) is 26.7. The van der Waals surface area contributed by atoms with Gasteiger partial charge in [0, 0.05) is 40.6 Å². The minimum Gasteiger partial charge on any atom is -0.796 e. The van der Waals surface area contributed by atoms with Crippen LogP contribution < -0.4 is 30.6 Å². The van der Waals surface area contributed by atoms with Crippen LogP contribution in [0.5, 0.6) is 0 Å². The fraction of sp³-hybridized carbons (Fsp3) is 0.222. The zero-order valence-electron chi connectivity index (χ0n) is 22.8. The van der Waals surface area contributed by atoms with Crippen LogP contribution in [0.4, 0.5) is 0 Å². The van der Waals surface area contributed by atoms with Crippen molar-refractivity contribution in [2.24, 2.45) is 0 Å². The SMILES string of the molecule is O=C(O)CCP(=O)([O-])c1ccccc1.O=C(O)CCP(=O)([O-])c1ccccc1.O=C(O)CCP(=O)([O-])c1ccccc1.[Al+3]. The molecule has 43 heavy (non-hydrogen) atoms. The average Bonchev–Trinajstić information content (AvgIpc) is 2.96. The molecule has 0 bridgehead atoms. The van der Waals surface area contributed by atoms with E-state index in [0.717, 1.165) is 0 Å². The number of benzene rings is 3. The Bertz CT molecular complexity index is 1260. The van der Waals surface area contributed by atoms with E-state index in [2.05, 4.69) is 0 Å². The zero-order chi connectivity index (χ0) is 31.8. The topological polar surface area (TPSA) is 232 Å². The first-order valence-electron chi connectivity index (χ1n) is 12.3. The number of hydrogen-bond acceptors (Lipinski definition) is 9. The summed E-state index contributed by atoms with van der Waals surface area (Å²) >= 11 is 0. The Hall–Kier alpha value is -2.83. The van der Waals surface area contributed by atoms with Gasteiger partial charge in [0.25, 0.3) is 0 Å². The first-order valence-corrected chi connectivity index (χ1v) is 17.7. The van der Waals surface area contributed by atoms with Crippen molar-refractivity contribution in [3.05, 3.63) is 91.0 Å². The monoisotopic (exact) mass is 666 g/mol. The van der Waals surface area contributed by atoms with Gasteiger partial charge in [0.05, 0.1) is 19.3 Å². The van der Waals surface area contributed by atoms with Gasteiger partial charge in [-0.3, -0.25) is 14.4 Å². The molecule has 3 N–H and O–H groups in total. The second-order valence-corrected chi connectivity index (χ2v) is 15.6. The number of carboxylic acids is 3. The van der Waals surface area contributed by atoms with Gasteiger partial charge in [0.15, 0.2) is 0 Å². The summed E-state index contributed by atoms with van der Waals surface area (Å²) in [7, 11) is -11.2. The van der Waals surface area contributed by atoms with Gasteiger partial charge in [-0.2, -0.15) is 0 Å². The average molecular weight is 666 g/mol. The third-order valence-corrected chi connectivity index (χ3v) is 11.0. The summed E-state index contributed by atoms with van der Waals surface area (Å²) in [6.07, 6.45) is -2.04. The molecule has 0 saturated heterocycles. The molecule has 3 rings (SSSR count). The summed E-state index contributed by atoms with van der Waals surface area (Å²) in [6, 6.07) is 23.6. The van der Waals surface area contributed by atoms with Crippen molar-refractivity contribution in [2.45, 2.75) is 19.3 Å². The van der Waals surface area contributed by atoms with Crippen molar-refractivity contribution in [1.82, 2.24) is 0 Å². The standard InChI is InChI=1S/3C9H11O4P.Al/c3*10-9(11)6-7-14(12,13)8-4-2-1-3-5-8;/h3*1-5H,6-7H2,(H,10,11)(H,12,13);/q;;;+3/p-3. The Morgan fingerprint density at radius 2 is 0.651 bits per heavy atom. The summed E-state index contributed by atoms with van der Waals surface area (Å²) in [4.78, 5) is 65.2. The predicted octanol–water partition coefficient (Wildman–Crippen LogP) is 0.894. The van der Waals surface area contributed by atoms with Crippen LogP contribution in [0.25, 0.3) is 0 Å². The minimum atomic E-state index is -3.73. The van der Waals surface area contributed by atoms with Gasteiger partial charge in [-0.1, -0.05) is 91.0 Å². The van der Waals surface area contributed by atoms with Gasteiger partial charge >= 0.3 is 35.3 Å². The molecule has 0 aliphatic carbocycles. The smallest absolute Gasteiger partial charge is 0.796 e. The van der Waals surface area contributed by atoms with E-state index in [0.29, 0.717) is 0 Å². The van der Waals surface area contributed by atoms with Gasteiger partial charge in [0.1, 0.15) is 0 Å². The van der Waals surface area contributed by atoms with Crippen molar-refractivity contribution >= 4 is 73.3 Å². The predicted molar refractivity (Wildman–Crippen MR) is 158 cm³/mol. The molecule has 3 aromatic carbocycles. The van der Waals surface area contributed by atoms with Crippen molar-refractivity contribution in [1.29, 1.82) is 0 Å². The molecule has 0 fully saturated rings. The number of hydrogen-bond donors (Lipinski definition) is 3. The maximum Gasteiger partial charge on any atom is 3.00 e. The van der Waals surface area contributed by atoms with E-state index >= 15 is 0 Å². The van der Waals surface area contributed by atoms with Gasteiger partial charge in [0.2, 0.25) is 0 Å². The quantitative estimate of drug-likeness (QED) is 0.181. The van der Waals surface area contributed by atoms with E-state index in [9.17, 15) is 42.8 Å². The van der Waals surface area contributed by atoms with Crippen molar-refractivity contribution < 1.29 is 58.1 Å². The molecular weight excluding hydrogens is 636 g/mol. The van der Waals surface area contributed by atoms with Crippen LogP contribution in [0.1, 0.15) is 19.3 Å². The Balaban J connectivity index is 0.000000608. The Labute approximate surface area is 259 Å². The Kier molecular flexibility index (Phi) is 18.2. The fourth-order valence-corrected chi connectivity index (χ4v) is 7.19. The van der Waals surface area contributed by atoms with E-state index < -0.39 is 40.0 Å². The summed E-state index contributed by atoms with van der Waals surface area (Å²) in [5.74, 6) is -3.30. The number of carboxylic acid groups (broad SMARTS) is 3. The molecule has 0 saturated carbocycles. The molecule has 3 aromatic rings. The molecule has 0 aromatic heterocycles.